The first kappa shape index (κ1) is 19.7. The minimum absolute atomic E-state index is 0.0557. The zero-order valence-electron chi connectivity index (χ0n) is 16.3. The van der Waals surface area contributed by atoms with Gasteiger partial charge in [-0.15, -0.1) is 0 Å². The molecule has 1 amide bonds. The first-order valence-corrected chi connectivity index (χ1v) is 9.74. The minimum Gasteiger partial charge on any atom is -0.470 e. The van der Waals surface area contributed by atoms with Gasteiger partial charge in [-0.3, -0.25) is 14.2 Å². The van der Waals surface area contributed by atoms with Gasteiger partial charge >= 0.3 is 0 Å². The average molecular weight is 426 g/mol. The van der Waals surface area contributed by atoms with E-state index in [-0.39, 0.29) is 12.6 Å². The summed E-state index contributed by atoms with van der Waals surface area (Å²) in [5.74, 6) is 0.210. The Morgan fingerprint density at radius 2 is 1.93 bits per heavy atom. The Balaban J connectivity index is 1.38. The summed E-state index contributed by atoms with van der Waals surface area (Å²) in [6.07, 6.45) is 8.68. The summed E-state index contributed by atoms with van der Waals surface area (Å²) in [6, 6.07) is 8.75. The predicted octanol–water partition coefficient (Wildman–Crippen LogP) is 3.29. The molecule has 0 spiro atoms. The van der Waals surface area contributed by atoms with Crippen LogP contribution in [0.4, 0.5) is 5.69 Å². The average Bonchev–Trinajstić information content (AvgIpc) is 3.49. The lowest BCUT2D eigenvalue weighted by molar-refractivity contribution is 0.100. The first-order valence-electron chi connectivity index (χ1n) is 9.36. The number of nitrogens with one attached hydrogen (secondary N) is 1. The second-order valence-electron chi connectivity index (χ2n) is 6.50. The molecule has 3 heterocycles. The van der Waals surface area contributed by atoms with Crippen LogP contribution in [0.3, 0.4) is 0 Å². The van der Waals surface area contributed by atoms with Gasteiger partial charge in [-0.05, 0) is 25.1 Å². The van der Waals surface area contributed by atoms with Crippen LogP contribution in [0.5, 0.6) is 5.75 Å². The molecule has 0 atom stereocenters. The molecule has 1 aromatic carbocycles. The van der Waals surface area contributed by atoms with Crippen LogP contribution in [0.2, 0.25) is 5.02 Å². The number of anilines is 1. The van der Waals surface area contributed by atoms with E-state index in [0.717, 1.165) is 12.1 Å². The summed E-state index contributed by atoms with van der Waals surface area (Å²) in [6.45, 7) is 3.47. The fourth-order valence-corrected chi connectivity index (χ4v) is 3.07. The Bertz CT molecular complexity index is 1150. The van der Waals surface area contributed by atoms with E-state index in [9.17, 15) is 4.79 Å². The number of aryl methyl sites for hydroxylation is 1. The highest BCUT2D eigenvalue weighted by Gasteiger charge is 2.14. The van der Waals surface area contributed by atoms with E-state index in [4.69, 9.17) is 16.3 Å². The third-order valence-electron chi connectivity index (χ3n) is 4.37. The number of hydrogen-bond donors (Lipinski definition) is 1. The minimum atomic E-state index is -0.311. The highest BCUT2D eigenvalue weighted by molar-refractivity contribution is 6.32. The topological polar surface area (TPSA) is 91.8 Å². The van der Waals surface area contributed by atoms with E-state index in [0.29, 0.717) is 28.7 Å². The summed E-state index contributed by atoms with van der Waals surface area (Å²) < 4.78 is 10.7. The maximum absolute atomic E-state index is 12.7. The van der Waals surface area contributed by atoms with Crippen LogP contribution < -0.4 is 10.1 Å². The Labute approximate surface area is 177 Å². The van der Waals surface area contributed by atoms with Crippen molar-refractivity contribution in [1.82, 2.24) is 29.3 Å². The lowest BCUT2D eigenvalue weighted by Gasteiger charge is -2.10. The van der Waals surface area contributed by atoms with Gasteiger partial charge in [-0.1, -0.05) is 23.7 Å². The summed E-state index contributed by atoms with van der Waals surface area (Å²) in [5.41, 5.74) is 1.98. The van der Waals surface area contributed by atoms with Gasteiger partial charge in [0.2, 0.25) is 0 Å². The summed E-state index contributed by atoms with van der Waals surface area (Å²) >= 11 is 6.10. The fraction of sp³-hybridized carbons (Fsp3) is 0.200. The van der Waals surface area contributed by atoms with E-state index in [1.165, 1.54) is 4.68 Å². The lowest BCUT2D eigenvalue weighted by atomic mass is 10.3. The van der Waals surface area contributed by atoms with Crippen LogP contribution in [-0.2, 0) is 19.8 Å². The Hall–Kier alpha value is -3.59. The molecule has 0 aliphatic rings. The summed E-state index contributed by atoms with van der Waals surface area (Å²) in [7, 11) is 0. The van der Waals surface area contributed by atoms with Crippen LogP contribution >= 0.6 is 11.6 Å². The maximum atomic E-state index is 12.7. The van der Waals surface area contributed by atoms with Crippen molar-refractivity contribution in [3.63, 3.8) is 0 Å². The predicted molar refractivity (Wildman–Crippen MR) is 111 cm³/mol. The van der Waals surface area contributed by atoms with E-state index in [1.54, 1.807) is 47.7 Å². The van der Waals surface area contributed by atoms with Gasteiger partial charge in [0.25, 0.3) is 5.91 Å². The lowest BCUT2D eigenvalue weighted by Crippen LogP contribution is -2.19. The number of aromatic nitrogens is 6. The SMILES string of the molecule is CCn1cc(Cn2cc(NC(=O)c3ccnn3COc3ccccc3Cl)cn2)cn1. The molecule has 4 rings (SSSR count). The van der Waals surface area contributed by atoms with Crippen molar-refractivity contribution in [2.45, 2.75) is 26.7 Å². The quantitative estimate of drug-likeness (QED) is 0.467. The van der Waals surface area contributed by atoms with Gasteiger partial charge in [-0.25, -0.2) is 4.68 Å². The highest BCUT2D eigenvalue weighted by atomic mass is 35.5. The van der Waals surface area contributed by atoms with Gasteiger partial charge < -0.3 is 10.1 Å². The van der Waals surface area contributed by atoms with Crippen LogP contribution in [0.25, 0.3) is 0 Å². The number of nitrogens with zero attached hydrogens (tertiary/aromatic N) is 6. The molecule has 30 heavy (non-hydrogen) atoms. The molecule has 3 aromatic heterocycles. The molecule has 4 aromatic rings. The van der Waals surface area contributed by atoms with Crippen LogP contribution in [0.1, 0.15) is 23.0 Å². The maximum Gasteiger partial charge on any atom is 0.274 e. The molecular formula is C20H20ClN7O2. The Morgan fingerprint density at radius 3 is 2.73 bits per heavy atom. The van der Waals surface area contributed by atoms with Crippen LogP contribution in [0, 0.1) is 0 Å². The summed E-state index contributed by atoms with van der Waals surface area (Å²) in [4.78, 5) is 12.7. The normalized spacial score (nSPS) is 10.9. The monoisotopic (exact) mass is 425 g/mol. The number of rotatable bonds is 8. The molecule has 0 radical (unpaired) electrons. The van der Waals surface area contributed by atoms with Gasteiger partial charge in [0, 0.05) is 30.7 Å². The van der Waals surface area contributed by atoms with E-state index in [1.807, 2.05) is 29.9 Å². The molecule has 0 saturated carbocycles. The Kier molecular flexibility index (Phi) is 5.80. The van der Waals surface area contributed by atoms with Gasteiger partial charge in [0.05, 0.1) is 29.6 Å². The van der Waals surface area contributed by atoms with Crippen molar-refractivity contribution in [2.75, 3.05) is 5.32 Å². The van der Waals surface area contributed by atoms with Crippen molar-refractivity contribution >= 4 is 23.2 Å². The molecule has 10 heteroatoms. The molecular weight excluding hydrogens is 406 g/mol. The van der Waals surface area contributed by atoms with Gasteiger partial charge in [-0.2, -0.15) is 15.3 Å². The third-order valence-corrected chi connectivity index (χ3v) is 4.69. The molecule has 1 N–H and O–H groups in total. The number of hydrogen-bond acceptors (Lipinski definition) is 5. The molecule has 0 bridgehead atoms. The molecule has 0 aliphatic heterocycles. The number of ether oxygens (including phenoxy) is 1. The van der Waals surface area contributed by atoms with Gasteiger partial charge in [0.1, 0.15) is 11.4 Å². The number of amides is 1. The summed E-state index contributed by atoms with van der Waals surface area (Å²) in [5, 5.41) is 16.0. The standard InChI is InChI=1S/C20H20ClN7O2/c1-2-26-11-15(9-23-26)12-27-13-16(10-24-27)25-20(29)18-7-8-22-28(18)14-30-19-6-4-3-5-17(19)21/h3-11,13H,2,12,14H2,1H3,(H,25,29). The van der Waals surface area contributed by atoms with Crippen molar-refractivity contribution in [3.05, 3.63) is 77.6 Å². The second kappa shape index (κ2) is 8.83. The number of halogens is 1. The fourth-order valence-electron chi connectivity index (χ4n) is 2.88. The Morgan fingerprint density at radius 1 is 1.10 bits per heavy atom. The van der Waals surface area contributed by atoms with E-state index in [2.05, 4.69) is 20.6 Å². The van der Waals surface area contributed by atoms with Crippen LogP contribution in [-0.4, -0.2) is 35.2 Å². The molecule has 9 nitrogen and oxygen atoms in total. The number of carbonyl (C=O) groups is 1. The first-order chi connectivity index (χ1) is 14.6. The van der Waals surface area contributed by atoms with Crippen molar-refractivity contribution in [1.29, 1.82) is 0 Å². The van der Waals surface area contributed by atoms with E-state index >= 15 is 0 Å². The number of carbonyl (C=O) groups excluding carboxylic acids is 1. The zero-order valence-corrected chi connectivity index (χ0v) is 17.0. The van der Waals surface area contributed by atoms with Crippen molar-refractivity contribution < 1.29 is 9.53 Å². The molecule has 154 valence electrons. The molecule has 0 fully saturated rings. The second-order valence-corrected chi connectivity index (χ2v) is 6.91. The van der Waals surface area contributed by atoms with Gasteiger partial charge in [0.15, 0.2) is 6.73 Å². The van der Waals surface area contributed by atoms with E-state index < -0.39 is 0 Å². The largest absolute Gasteiger partial charge is 0.470 e. The van der Waals surface area contributed by atoms with Crippen LogP contribution in [0.15, 0.2) is 61.3 Å². The highest BCUT2D eigenvalue weighted by Crippen LogP contribution is 2.23. The molecule has 0 saturated heterocycles. The van der Waals surface area contributed by atoms with Crippen molar-refractivity contribution in [3.8, 4) is 5.75 Å². The zero-order chi connectivity index (χ0) is 20.9. The van der Waals surface area contributed by atoms with Crippen molar-refractivity contribution in [2.24, 2.45) is 0 Å². The molecule has 0 unspecified atom stereocenters. The molecule has 0 aliphatic carbocycles. The smallest absolute Gasteiger partial charge is 0.274 e. The third kappa shape index (κ3) is 4.52. The number of para-hydroxylation sites is 1. The number of benzene rings is 1.